The van der Waals surface area contributed by atoms with Crippen LogP contribution in [0.25, 0.3) is 0 Å². The predicted octanol–water partition coefficient (Wildman–Crippen LogP) is 2.69. The van der Waals surface area contributed by atoms with Gasteiger partial charge in [-0.15, -0.1) is 0 Å². The fourth-order valence-corrected chi connectivity index (χ4v) is 4.89. The van der Waals surface area contributed by atoms with Gasteiger partial charge in [0.2, 0.25) is 5.91 Å². The van der Waals surface area contributed by atoms with Gasteiger partial charge in [-0.3, -0.25) is 9.59 Å². The monoisotopic (exact) mass is 398 g/mol. The van der Waals surface area contributed by atoms with Crippen LogP contribution in [0.15, 0.2) is 39.5 Å². The highest BCUT2D eigenvalue weighted by molar-refractivity contribution is 5.96. The highest BCUT2D eigenvalue weighted by Crippen LogP contribution is 2.45. The molecule has 3 atom stereocenters. The minimum Gasteiger partial charge on any atom is -0.427 e. The molecule has 0 radical (unpaired) electrons. The first kappa shape index (κ1) is 19.4. The van der Waals surface area contributed by atoms with Gasteiger partial charge in [0.1, 0.15) is 11.6 Å². The Morgan fingerprint density at radius 2 is 1.90 bits per heavy atom. The third-order valence-electron chi connectivity index (χ3n) is 6.09. The Balaban J connectivity index is 1.64. The van der Waals surface area contributed by atoms with Crippen molar-refractivity contribution in [2.45, 2.75) is 26.8 Å². The van der Waals surface area contributed by atoms with Gasteiger partial charge in [-0.2, -0.15) is 0 Å². The molecule has 2 saturated heterocycles. The highest BCUT2D eigenvalue weighted by atomic mass is 19.1. The zero-order chi connectivity index (χ0) is 20.9. The van der Waals surface area contributed by atoms with E-state index in [0.29, 0.717) is 36.5 Å². The van der Waals surface area contributed by atoms with Crippen LogP contribution in [0, 0.1) is 31.5 Å². The van der Waals surface area contributed by atoms with E-state index in [1.54, 1.807) is 29.7 Å². The van der Waals surface area contributed by atoms with Gasteiger partial charge in [0.05, 0.1) is 11.6 Å². The Hall–Kier alpha value is -2.96. The molecule has 0 saturated carbocycles. The zero-order valence-corrected chi connectivity index (χ0v) is 16.6. The summed E-state index contributed by atoms with van der Waals surface area (Å²) in [6, 6.07) is 7.39. The Morgan fingerprint density at radius 1 is 1.14 bits per heavy atom. The van der Waals surface area contributed by atoms with E-state index in [1.807, 2.05) is 6.07 Å². The van der Waals surface area contributed by atoms with Crippen LogP contribution in [0.5, 0.6) is 0 Å². The van der Waals surface area contributed by atoms with Crippen molar-refractivity contribution in [2.75, 3.05) is 19.6 Å². The number of carbonyl (C=O) groups is 2. The van der Waals surface area contributed by atoms with Crippen LogP contribution < -0.4 is 5.63 Å². The number of aryl methyl sites for hydroxylation is 2. The minimum atomic E-state index is -0.474. The smallest absolute Gasteiger partial charge is 0.336 e. The van der Waals surface area contributed by atoms with Crippen molar-refractivity contribution >= 4 is 11.8 Å². The Labute approximate surface area is 167 Å². The van der Waals surface area contributed by atoms with Crippen molar-refractivity contribution in [3.63, 3.8) is 0 Å². The van der Waals surface area contributed by atoms with Crippen molar-refractivity contribution in [1.29, 1.82) is 0 Å². The quantitative estimate of drug-likeness (QED) is 0.780. The molecule has 2 amide bonds. The predicted molar refractivity (Wildman–Crippen MR) is 104 cm³/mol. The van der Waals surface area contributed by atoms with Gasteiger partial charge < -0.3 is 14.2 Å². The zero-order valence-electron chi connectivity index (χ0n) is 16.6. The highest BCUT2D eigenvalue weighted by Gasteiger charge is 2.49. The molecule has 4 rings (SSSR count). The van der Waals surface area contributed by atoms with Gasteiger partial charge >= 0.3 is 5.63 Å². The van der Waals surface area contributed by atoms with Gasteiger partial charge in [0.15, 0.2) is 0 Å². The minimum absolute atomic E-state index is 0.0287. The Kier molecular flexibility index (Phi) is 4.76. The fourth-order valence-electron chi connectivity index (χ4n) is 4.89. The summed E-state index contributed by atoms with van der Waals surface area (Å²) in [5, 5.41) is 0. The number of carbonyl (C=O) groups excluding carboxylic acids is 2. The maximum absolute atomic E-state index is 13.8. The summed E-state index contributed by atoms with van der Waals surface area (Å²) in [5.74, 6) is -0.114. The van der Waals surface area contributed by atoms with Gasteiger partial charge in [0.25, 0.3) is 5.91 Å². The second-order valence-electron chi connectivity index (χ2n) is 7.98. The number of rotatable bonds is 2. The van der Waals surface area contributed by atoms with Crippen molar-refractivity contribution < 1.29 is 18.4 Å². The summed E-state index contributed by atoms with van der Waals surface area (Å²) in [7, 11) is 0. The van der Waals surface area contributed by atoms with E-state index < -0.39 is 5.63 Å². The molecular weight excluding hydrogens is 375 g/mol. The summed E-state index contributed by atoms with van der Waals surface area (Å²) >= 11 is 0. The third kappa shape index (κ3) is 3.34. The molecule has 0 bridgehead atoms. The van der Waals surface area contributed by atoms with Crippen LogP contribution in [0.1, 0.15) is 40.2 Å². The molecule has 152 valence electrons. The average molecular weight is 398 g/mol. The van der Waals surface area contributed by atoms with Crippen molar-refractivity contribution in [2.24, 2.45) is 11.8 Å². The lowest BCUT2D eigenvalue weighted by Crippen LogP contribution is -2.37. The molecular formula is C22H23FN2O4. The normalized spacial score (nSPS) is 23.4. The van der Waals surface area contributed by atoms with E-state index in [1.165, 1.54) is 25.1 Å². The van der Waals surface area contributed by atoms with E-state index in [9.17, 15) is 18.8 Å². The van der Waals surface area contributed by atoms with E-state index in [0.717, 1.165) is 5.56 Å². The molecule has 2 aromatic rings. The molecule has 0 N–H and O–H groups in total. The van der Waals surface area contributed by atoms with Crippen molar-refractivity contribution in [3.05, 3.63) is 69.0 Å². The Bertz CT molecular complexity index is 1020. The second-order valence-corrected chi connectivity index (χ2v) is 7.98. The molecule has 0 unspecified atom stereocenters. The van der Waals surface area contributed by atoms with Crippen molar-refractivity contribution in [1.82, 2.24) is 9.80 Å². The van der Waals surface area contributed by atoms with Crippen LogP contribution in [-0.2, 0) is 4.79 Å². The standard InChI is InChI=1S/C22H23FN2O4/c1-12-7-19(27)29-13(2)20(12)22(28)24-9-16-10-25(14(3)26)21(18(16)11-24)15-5-4-6-17(23)8-15/h4-8,16,18,21H,9-11H2,1-3H3/t16-,18-,21+/m1/s1. The van der Waals surface area contributed by atoms with Gasteiger partial charge in [-0.1, -0.05) is 12.1 Å². The third-order valence-corrected chi connectivity index (χ3v) is 6.09. The molecule has 29 heavy (non-hydrogen) atoms. The number of nitrogens with zero attached hydrogens (tertiary/aromatic N) is 2. The second kappa shape index (κ2) is 7.13. The number of hydrogen-bond acceptors (Lipinski definition) is 4. The number of benzene rings is 1. The van der Waals surface area contributed by atoms with Gasteiger partial charge in [-0.25, -0.2) is 9.18 Å². The first-order valence-corrected chi connectivity index (χ1v) is 9.69. The first-order valence-electron chi connectivity index (χ1n) is 9.69. The molecule has 2 aliphatic rings. The van der Waals surface area contributed by atoms with E-state index >= 15 is 0 Å². The van der Waals surface area contributed by atoms with Crippen LogP contribution in [0.4, 0.5) is 4.39 Å². The lowest BCUT2D eigenvalue weighted by molar-refractivity contribution is -0.130. The topological polar surface area (TPSA) is 70.8 Å². The molecule has 6 nitrogen and oxygen atoms in total. The summed E-state index contributed by atoms with van der Waals surface area (Å²) in [6.45, 7) is 6.37. The summed E-state index contributed by atoms with van der Waals surface area (Å²) in [4.78, 5) is 40.5. The summed E-state index contributed by atoms with van der Waals surface area (Å²) < 4.78 is 19.0. The van der Waals surface area contributed by atoms with Crippen LogP contribution in [-0.4, -0.2) is 41.2 Å². The largest absolute Gasteiger partial charge is 0.427 e. The SMILES string of the molecule is CC(=O)N1C[C@H]2CN(C(=O)c3c(C)cc(=O)oc3C)C[C@H]2[C@@H]1c1cccc(F)c1. The molecule has 2 aliphatic heterocycles. The maximum atomic E-state index is 13.8. The van der Waals surface area contributed by atoms with Crippen molar-refractivity contribution in [3.8, 4) is 0 Å². The van der Waals surface area contributed by atoms with Crippen LogP contribution in [0.2, 0.25) is 0 Å². The van der Waals surface area contributed by atoms with Gasteiger partial charge in [-0.05, 0) is 37.1 Å². The van der Waals surface area contributed by atoms with Gasteiger partial charge in [0, 0.05) is 44.5 Å². The van der Waals surface area contributed by atoms with E-state index in [2.05, 4.69) is 0 Å². The molecule has 0 aliphatic carbocycles. The molecule has 2 fully saturated rings. The summed E-state index contributed by atoms with van der Waals surface area (Å²) in [6.07, 6.45) is 0. The van der Waals surface area contributed by atoms with E-state index in [-0.39, 0.29) is 35.5 Å². The maximum Gasteiger partial charge on any atom is 0.336 e. The lowest BCUT2D eigenvalue weighted by atomic mass is 9.89. The molecule has 3 heterocycles. The molecule has 7 heteroatoms. The Morgan fingerprint density at radius 3 is 2.55 bits per heavy atom. The molecule has 1 aromatic heterocycles. The lowest BCUT2D eigenvalue weighted by Gasteiger charge is -2.29. The fraction of sp³-hybridized carbons (Fsp3) is 0.409. The van der Waals surface area contributed by atoms with Crippen LogP contribution in [0.3, 0.4) is 0 Å². The number of hydrogen-bond donors (Lipinski definition) is 0. The molecule has 0 spiro atoms. The first-order chi connectivity index (χ1) is 13.8. The number of halogens is 1. The average Bonchev–Trinajstić information content (AvgIpc) is 3.18. The number of fused-ring (bicyclic) bond motifs is 1. The van der Waals surface area contributed by atoms with Crippen LogP contribution >= 0.6 is 0 Å². The summed E-state index contributed by atoms with van der Waals surface area (Å²) in [5.41, 5.74) is 1.28. The molecule has 1 aromatic carbocycles. The number of amides is 2. The van der Waals surface area contributed by atoms with E-state index in [4.69, 9.17) is 4.42 Å². The number of likely N-dealkylation sites (tertiary alicyclic amines) is 2.